The summed E-state index contributed by atoms with van der Waals surface area (Å²) in [6.07, 6.45) is 6.55. The number of imidazole rings is 1. The first-order valence-electron chi connectivity index (χ1n) is 6.49. The van der Waals surface area contributed by atoms with Gasteiger partial charge in [0.25, 0.3) is 0 Å². The highest BCUT2D eigenvalue weighted by Crippen LogP contribution is 2.10. The van der Waals surface area contributed by atoms with E-state index < -0.39 is 8.07 Å². The van der Waals surface area contributed by atoms with Crippen LogP contribution in [0.3, 0.4) is 0 Å². The predicted octanol–water partition coefficient (Wildman–Crippen LogP) is 2.91. The number of ether oxygens (including phenoxy) is 1. The van der Waals surface area contributed by atoms with Gasteiger partial charge in [0.2, 0.25) is 0 Å². The Kier molecular flexibility index (Phi) is 5.62. The Balaban J connectivity index is 2.49. The van der Waals surface area contributed by atoms with Gasteiger partial charge in [0, 0.05) is 27.1 Å². The van der Waals surface area contributed by atoms with Crippen LogP contribution in [0.25, 0.3) is 5.70 Å². The number of rotatable bonds is 7. The lowest BCUT2D eigenvalue weighted by Gasteiger charge is -2.16. The van der Waals surface area contributed by atoms with Gasteiger partial charge in [-0.1, -0.05) is 32.6 Å². The van der Waals surface area contributed by atoms with Crippen molar-refractivity contribution in [2.24, 2.45) is 5.73 Å². The van der Waals surface area contributed by atoms with E-state index in [1.807, 2.05) is 16.8 Å². The molecule has 0 radical (unpaired) electrons. The molecule has 5 heteroatoms. The van der Waals surface area contributed by atoms with Gasteiger partial charge in [0.05, 0.1) is 5.70 Å². The van der Waals surface area contributed by atoms with Gasteiger partial charge in [-0.3, -0.25) is 0 Å². The average Bonchev–Trinajstić information content (AvgIpc) is 2.71. The number of allylic oxidation sites excluding steroid dienone is 1. The second kappa shape index (κ2) is 6.75. The minimum absolute atomic E-state index is 0.526. The summed E-state index contributed by atoms with van der Waals surface area (Å²) >= 11 is 0. The largest absolute Gasteiger partial charge is 0.396 e. The highest BCUT2D eigenvalue weighted by Gasteiger charge is 2.12. The zero-order valence-corrected chi connectivity index (χ0v) is 12.9. The summed E-state index contributed by atoms with van der Waals surface area (Å²) in [5.74, 6) is 0.796. The van der Waals surface area contributed by atoms with E-state index in [1.165, 1.54) is 6.04 Å². The third kappa shape index (κ3) is 5.06. The molecule has 1 heterocycles. The number of hydrogen-bond donors (Lipinski definition) is 1. The Labute approximate surface area is 111 Å². The van der Waals surface area contributed by atoms with Gasteiger partial charge in [-0.25, -0.2) is 4.98 Å². The minimum atomic E-state index is -1.01. The average molecular weight is 267 g/mol. The molecule has 102 valence electrons. The Hall–Kier alpha value is -1.07. The van der Waals surface area contributed by atoms with E-state index in [2.05, 4.69) is 31.5 Å². The van der Waals surface area contributed by atoms with Crippen molar-refractivity contribution in [2.45, 2.75) is 45.8 Å². The van der Waals surface area contributed by atoms with E-state index in [9.17, 15) is 0 Å². The van der Waals surface area contributed by atoms with Crippen molar-refractivity contribution >= 4 is 13.8 Å². The number of aromatic nitrogens is 2. The van der Waals surface area contributed by atoms with Crippen molar-refractivity contribution in [3.63, 3.8) is 0 Å². The molecule has 18 heavy (non-hydrogen) atoms. The molecule has 2 N–H and O–H groups in total. The van der Waals surface area contributed by atoms with Crippen LogP contribution in [-0.4, -0.2) is 24.2 Å². The SMILES string of the molecule is CCC=C(N)c1nccn1COCC[Si](C)(C)C. The fourth-order valence-corrected chi connectivity index (χ4v) is 2.28. The molecule has 1 aromatic heterocycles. The molecule has 0 aliphatic rings. The molecule has 0 saturated heterocycles. The summed E-state index contributed by atoms with van der Waals surface area (Å²) in [6.45, 7) is 10.4. The van der Waals surface area contributed by atoms with E-state index in [0.717, 1.165) is 24.5 Å². The highest BCUT2D eigenvalue weighted by atomic mass is 28.3. The molecule has 0 unspecified atom stereocenters. The van der Waals surface area contributed by atoms with Gasteiger partial charge < -0.3 is 15.0 Å². The van der Waals surface area contributed by atoms with Crippen molar-refractivity contribution in [1.82, 2.24) is 9.55 Å². The molecular formula is C13H25N3OSi. The second-order valence-electron chi connectivity index (χ2n) is 5.64. The topological polar surface area (TPSA) is 53.1 Å². The first-order chi connectivity index (χ1) is 8.44. The van der Waals surface area contributed by atoms with Gasteiger partial charge in [0.15, 0.2) is 5.82 Å². The first kappa shape index (κ1) is 15.0. The molecule has 0 spiro atoms. The lowest BCUT2D eigenvalue weighted by molar-refractivity contribution is 0.0865. The van der Waals surface area contributed by atoms with E-state index in [4.69, 9.17) is 10.5 Å². The summed E-state index contributed by atoms with van der Waals surface area (Å²) in [6, 6.07) is 1.18. The number of hydrogen-bond acceptors (Lipinski definition) is 3. The molecule has 0 aromatic carbocycles. The lowest BCUT2D eigenvalue weighted by Crippen LogP contribution is -2.22. The van der Waals surface area contributed by atoms with Crippen LogP contribution in [0.2, 0.25) is 25.7 Å². The molecule has 0 amide bonds. The Morgan fingerprint density at radius 3 is 2.83 bits per heavy atom. The Morgan fingerprint density at radius 1 is 1.50 bits per heavy atom. The van der Waals surface area contributed by atoms with E-state index in [1.54, 1.807) is 6.20 Å². The van der Waals surface area contributed by atoms with Crippen LogP contribution in [0.15, 0.2) is 18.5 Å². The fourth-order valence-electron chi connectivity index (χ4n) is 1.53. The van der Waals surface area contributed by atoms with E-state index in [-0.39, 0.29) is 0 Å². The van der Waals surface area contributed by atoms with Crippen LogP contribution in [0.4, 0.5) is 0 Å². The van der Waals surface area contributed by atoms with Gasteiger partial charge in [0.1, 0.15) is 6.73 Å². The van der Waals surface area contributed by atoms with Crippen molar-refractivity contribution in [3.8, 4) is 0 Å². The van der Waals surface area contributed by atoms with Crippen LogP contribution in [0, 0.1) is 0 Å². The monoisotopic (exact) mass is 267 g/mol. The maximum Gasteiger partial charge on any atom is 0.157 e. The molecule has 0 aliphatic heterocycles. The summed E-state index contributed by atoms with van der Waals surface area (Å²) in [5.41, 5.74) is 6.67. The third-order valence-corrected chi connectivity index (χ3v) is 4.33. The summed E-state index contributed by atoms with van der Waals surface area (Å²) in [4.78, 5) is 4.26. The van der Waals surface area contributed by atoms with Gasteiger partial charge in [-0.15, -0.1) is 0 Å². The van der Waals surface area contributed by atoms with E-state index >= 15 is 0 Å². The second-order valence-corrected chi connectivity index (χ2v) is 11.3. The van der Waals surface area contributed by atoms with Gasteiger partial charge in [-0.05, 0) is 12.5 Å². The number of nitrogens with zero attached hydrogens (tertiary/aromatic N) is 2. The molecule has 0 bridgehead atoms. The number of nitrogens with two attached hydrogens (primary N) is 1. The van der Waals surface area contributed by atoms with Crippen molar-refractivity contribution < 1.29 is 4.74 Å². The van der Waals surface area contributed by atoms with Crippen LogP contribution in [0.5, 0.6) is 0 Å². The zero-order chi connectivity index (χ0) is 13.6. The van der Waals surface area contributed by atoms with Crippen LogP contribution in [-0.2, 0) is 11.5 Å². The van der Waals surface area contributed by atoms with Crippen LogP contribution < -0.4 is 5.73 Å². The fraction of sp³-hybridized carbons (Fsp3) is 0.615. The zero-order valence-electron chi connectivity index (χ0n) is 11.9. The summed E-state index contributed by atoms with van der Waals surface area (Å²) < 4.78 is 7.65. The minimum Gasteiger partial charge on any atom is -0.396 e. The molecule has 4 nitrogen and oxygen atoms in total. The predicted molar refractivity (Wildman–Crippen MR) is 78.8 cm³/mol. The molecule has 1 rings (SSSR count). The molecule has 0 aliphatic carbocycles. The molecule has 0 atom stereocenters. The Bertz CT molecular complexity index is 393. The lowest BCUT2D eigenvalue weighted by atomic mass is 10.3. The molecule has 0 fully saturated rings. The standard InChI is InChI=1S/C13H25N3OSi/c1-5-6-12(14)13-15-7-8-16(13)11-17-9-10-18(2,3)4/h6-8H,5,9-11,14H2,1-4H3. The van der Waals surface area contributed by atoms with Crippen molar-refractivity contribution in [2.75, 3.05) is 6.61 Å². The van der Waals surface area contributed by atoms with Gasteiger partial charge in [-0.2, -0.15) is 0 Å². The summed E-state index contributed by atoms with van der Waals surface area (Å²) in [5, 5.41) is 0. The third-order valence-electron chi connectivity index (χ3n) is 2.62. The normalized spacial score (nSPS) is 13.0. The quantitative estimate of drug-likeness (QED) is 0.610. The van der Waals surface area contributed by atoms with Crippen molar-refractivity contribution in [1.29, 1.82) is 0 Å². The van der Waals surface area contributed by atoms with E-state index in [0.29, 0.717) is 6.73 Å². The smallest absolute Gasteiger partial charge is 0.157 e. The maximum absolute atomic E-state index is 5.95. The summed E-state index contributed by atoms with van der Waals surface area (Å²) in [7, 11) is -1.01. The van der Waals surface area contributed by atoms with Crippen LogP contribution >= 0.6 is 0 Å². The maximum atomic E-state index is 5.95. The highest BCUT2D eigenvalue weighted by molar-refractivity contribution is 6.76. The van der Waals surface area contributed by atoms with Crippen LogP contribution in [0.1, 0.15) is 19.2 Å². The van der Waals surface area contributed by atoms with Crippen molar-refractivity contribution in [3.05, 3.63) is 24.3 Å². The molecule has 1 aromatic rings. The van der Waals surface area contributed by atoms with Gasteiger partial charge >= 0.3 is 0 Å². The molecule has 0 saturated carbocycles. The first-order valence-corrected chi connectivity index (χ1v) is 10.2. The molecular weight excluding hydrogens is 242 g/mol. The Morgan fingerprint density at radius 2 is 2.22 bits per heavy atom.